The van der Waals surface area contributed by atoms with E-state index in [1.54, 1.807) is 23.9 Å². The van der Waals surface area contributed by atoms with Crippen LogP contribution < -0.4 is 10.5 Å². The van der Waals surface area contributed by atoms with Crippen molar-refractivity contribution in [3.63, 3.8) is 0 Å². The summed E-state index contributed by atoms with van der Waals surface area (Å²) in [4.78, 5) is 11.3. The lowest BCUT2D eigenvalue weighted by Crippen LogP contribution is -2.10. The molecular formula is C13H15N3O2. The maximum absolute atomic E-state index is 11.3. The van der Waals surface area contributed by atoms with Gasteiger partial charge in [0.15, 0.2) is 0 Å². The Bertz CT molecular complexity index is 549. The van der Waals surface area contributed by atoms with E-state index in [2.05, 4.69) is 5.10 Å². The molecule has 5 nitrogen and oxygen atoms in total. The second-order valence-electron chi connectivity index (χ2n) is 3.78. The maximum Gasteiger partial charge on any atom is 0.312 e. The van der Waals surface area contributed by atoms with E-state index in [1.807, 2.05) is 24.3 Å². The third-order valence-electron chi connectivity index (χ3n) is 2.51. The molecule has 2 N–H and O–H groups in total. The van der Waals surface area contributed by atoms with Gasteiger partial charge in [-0.05, 0) is 17.7 Å². The van der Waals surface area contributed by atoms with Crippen LogP contribution in [0.25, 0.3) is 5.69 Å². The Kier molecular flexibility index (Phi) is 3.74. The number of carbonyl (C=O) groups is 1. The summed E-state index contributed by atoms with van der Waals surface area (Å²) in [5.74, 6) is 0.128. The SMILES string of the molecule is CCC(=O)Oc1ccnn1-c1cccc(CN)c1. The van der Waals surface area contributed by atoms with Crippen molar-refractivity contribution in [2.45, 2.75) is 19.9 Å². The maximum atomic E-state index is 11.3. The lowest BCUT2D eigenvalue weighted by molar-refractivity contribution is -0.134. The van der Waals surface area contributed by atoms with Crippen LogP contribution in [0.15, 0.2) is 36.5 Å². The molecule has 94 valence electrons. The standard InChI is InChI=1S/C13H15N3O2/c1-2-13(17)18-12-6-7-15-16(12)11-5-3-4-10(8-11)9-14/h3-8H,2,9,14H2,1H3. The Morgan fingerprint density at radius 3 is 3.00 bits per heavy atom. The molecule has 0 bridgehead atoms. The number of ether oxygens (including phenoxy) is 1. The van der Waals surface area contributed by atoms with E-state index in [0.717, 1.165) is 11.3 Å². The Balaban J connectivity index is 2.32. The third kappa shape index (κ3) is 2.57. The van der Waals surface area contributed by atoms with Crippen molar-refractivity contribution in [3.8, 4) is 11.6 Å². The Hall–Kier alpha value is -2.14. The molecule has 0 saturated heterocycles. The van der Waals surface area contributed by atoms with Crippen molar-refractivity contribution >= 4 is 5.97 Å². The zero-order valence-electron chi connectivity index (χ0n) is 10.2. The fourth-order valence-corrected chi connectivity index (χ4v) is 1.57. The van der Waals surface area contributed by atoms with E-state index in [0.29, 0.717) is 18.8 Å². The lowest BCUT2D eigenvalue weighted by Gasteiger charge is -2.08. The number of aromatic nitrogens is 2. The van der Waals surface area contributed by atoms with Gasteiger partial charge in [-0.3, -0.25) is 4.79 Å². The number of nitrogens with zero attached hydrogens (tertiary/aromatic N) is 2. The highest BCUT2D eigenvalue weighted by Gasteiger charge is 2.09. The molecule has 0 atom stereocenters. The van der Waals surface area contributed by atoms with E-state index < -0.39 is 0 Å². The summed E-state index contributed by atoms with van der Waals surface area (Å²) in [6.45, 7) is 2.21. The van der Waals surface area contributed by atoms with Crippen LogP contribution in [0.1, 0.15) is 18.9 Å². The number of nitrogens with two attached hydrogens (primary N) is 1. The summed E-state index contributed by atoms with van der Waals surface area (Å²) in [5, 5.41) is 4.15. The minimum atomic E-state index is -0.285. The van der Waals surface area contributed by atoms with Gasteiger partial charge in [0.25, 0.3) is 0 Å². The summed E-state index contributed by atoms with van der Waals surface area (Å²) < 4.78 is 6.77. The predicted octanol–water partition coefficient (Wildman–Crippen LogP) is 1.65. The van der Waals surface area contributed by atoms with Crippen LogP contribution in [0.4, 0.5) is 0 Å². The predicted molar refractivity (Wildman–Crippen MR) is 67.4 cm³/mol. The molecule has 1 heterocycles. The van der Waals surface area contributed by atoms with E-state index in [-0.39, 0.29) is 5.97 Å². The minimum Gasteiger partial charge on any atom is -0.407 e. The van der Waals surface area contributed by atoms with Gasteiger partial charge in [-0.1, -0.05) is 19.1 Å². The van der Waals surface area contributed by atoms with Crippen molar-refractivity contribution in [2.24, 2.45) is 5.73 Å². The van der Waals surface area contributed by atoms with E-state index in [4.69, 9.17) is 10.5 Å². The summed E-state index contributed by atoms with van der Waals surface area (Å²) >= 11 is 0. The Labute approximate surface area is 105 Å². The molecule has 0 aliphatic heterocycles. The van der Waals surface area contributed by atoms with Crippen LogP contribution in [-0.2, 0) is 11.3 Å². The fraction of sp³-hybridized carbons (Fsp3) is 0.231. The minimum absolute atomic E-state index is 0.285. The molecule has 0 radical (unpaired) electrons. The van der Waals surface area contributed by atoms with E-state index in [9.17, 15) is 4.79 Å². The van der Waals surface area contributed by atoms with Gasteiger partial charge in [0.05, 0.1) is 11.9 Å². The first-order valence-corrected chi connectivity index (χ1v) is 5.78. The molecule has 18 heavy (non-hydrogen) atoms. The molecule has 0 saturated carbocycles. The average molecular weight is 245 g/mol. The normalized spacial score (nSPS) is 10.3. The summed E-state index contributed by atoms with van der Waals surface area (Å²) in [7, 11) is 0. The first-order chi connectivity index (χ1) is 8.74. The number of carbonyl (C=O) groups excluding carboxylic acids is 1. The first-order valence-electron chi connectivity index (χ1n) is 5.78. The quantitative estimate of drug-likeness (QED) is 0.831. The van der Waals surface area contributed by atoms with Crippen molar-refractivity contribution in [1.29, 1.82) is 0 Å². The molecule has 2 aromatic rings. The second-order valence-corrected chi connectivity index (χ2v) is 3.78. The molecule has 0 unspecified atom stereocenters. The molecule has 0 fully saturated rings. The smallest absolute Gasteiger partial charge is 0.312 e. The van der Waals surface area contributed by atoms with Gasteiger partial charge < -0.3 is 10.5 Å². The van der Waals surface area contributed by atoms with Crippen LogP contribution >= 0.6 is 0 Å². The van der Waals surface area contributed by atoms with Crippen molar-refractivity contribution < 1.29 is 9.53 Å². The van der Waals surface area contributed by atoms with Crippen molar-refractivity contribution in [1.82, 2.24) is 9.78 Å². The Morgan fingerprint density at radius 2 is 2.28 bits per heavy atom. The highest BCUT2D eigenvalue weighted by molar-refractivity contribution is 5.71. The topological polar surface area (TPSA) is 70.1 Å². The summed E-state index contributed by atoms with van der Waals surface area (Å²) in [6.07, 6.45) is 1.92. The highest BCUT2D eigenvalue weighted by Crippen LogP contribution is 2.18. The van der Waals surface area contributed by atoms with Crippen LogP contribution in [0, 0.1) is 0 Å². The second kappa shape index (κ2) is 5.46. The molecule has 0 spiro atoms. The van der Waals surface area contributed by atoms with Crippen molar-refractivity contribution in [3.05, 3.63) is 42.1 Å². The van der Waals surface area contributed by atoms with Crippen LogP contribution in [0.5, 0.6) is 5.88 Å². The molecular weight excluding hydrogens is 230 g/mol. The van der Waals surface area contributed by atoms with Gasteiger partial charge in [0, 0.05) is 19.0 Å². The number of rotatable bonds is 4. The fourth-order valence-electron chi connectivity index (χ4n) is 1.57. The summed E-state index contributed by atoms with van der Waals surface area (Å²) in [5.41, 5.74) is 7.41. The summed E-state index contributed by atoms with van der Waals surface area (Å²) in [6, 6.07) is 9.28. The van der Waals surface area contributed by atoms with Crippen LogP contribution in [0.3, 0.4) is 0 Å². The van der Waals surface area contributed by atoms with Crippen molar-refractivity contribution in [2.75, 3.05) is 0 Å². The van der Waals surface area contributed by atoms with Crippen LogP contribution in [0.2, 0.25) is 0 Å². The zero-order chi connectivity index (χ0) is 13.0. The number of esters is 1. The average Bonchev–Trinajstić information content (AvgIpc) is 2.86. The monoisotopic (exact) mass is 245 g/mol. The molecule has 0 aliphatic rings. The molecule has 0 amide bonds. The van der Waals surface area contributed by atoms with Gasteiger partial charge in [0.2, 0.25) is 5.88 Å². The van der Waals surface area contributed by atoms with Gasteiger partial charge in [0.1, 0.15) is 0 Å². The van der Waals surface area contributed by atoms with E-state index >= 15 is 0 Å². The van der Waals surface area contributed by atoms with Gasteiger partial charge >= 0.3 is 5.97 Å². The lowest BCUT2D eigenvalue weighted by atomic mass is 10.2. The highest BCUT2D eigenvalue weighted by atomic mass is 16.5. The first kappa shape index (κ1) is 12.3. The molecule has 2 rings (SSSR count). The van der Waals surface area contributed by atoms with Gasteiger partial charge in [-0.25, -0.2) is 4.68 Å². The number of hydrogen-bond donors (Lipinski definition) is 1. The molecule has 1 aromatic heterocycles. The largest absolute Gasteiger partial charge is 0.407 e. The Morgan fingerprint density at radius 1 is 1.44 bits per heavy atom. The number of hydrogen-bond acceptors (Lipinski definition) is 4. The van der Waals surface area contributed by atoms with Gasteiger partial charge in [-0.2, -0.15) is 5.10 Å². The van der Waals surface area contributed by atoms with Crippen LogP contribution in [-0.4, -0.2) is 15.7 Å². The van der Waals surface area contributed by atoms with E-state index in [1.165, 1.54) is 0 Å². The number of benzene rings is 1. The molecule has 0 aliphatic carbocycles. The van der Waals surface area contributed by atoms with Gasteiger partial charge in [-0.15, -0.1) is 0 Å². The third-order valence-corrected chi connectivity index (χ3v) is 2.51. The molecule has 5 heteroatoms. The molecule has 1 aromatic carbocycles. The zero-order valence-corrected chi connectivity index (χ0v) is 10.2.